The molecule has 1 saturated heterocycles. The molecule has 2 N–H and O–H groups in total. The van der Waals surface area contributed by atoms with E-state index in [9.17, 15) is 0 Å². The number of hydrogen-bond donors (Lipinski definition) is 2. The molecule has 25 heavy (non-hydrogen) atoms. The summed E-state index contributed by atoms with van der Waals surface area (Å²) in [6, 6.07) is 13.3. The SMILES string of the molecule is CC(C)c1ccc(NC(=S)NC[C@@H](c2cccs2)N2CCCC2)cc1. The Bertz CT molecular complexity index is 659. The van der Waals surface area contributed by atoms with E-state index >= 15 is 0 Å². The first-order valence-corrected chi connectivity index (χ1v) is 10.3. The van der Waals surface area contributed by atoms with Gasteiger partial charge >= 0.3 is 0 Å². The minimum atomic E-state index is 0.408. The summed E-state index contributed by atoms with van der Waals surface area (Å²) >= 11 is 7.34. The zero-order chi connectivity index (χ0) is 17.6. The lowest BCUT2D eigenvalue weighted by Gasteiger charge is -2.27. The van der Waals surface area contributed by atoms with Crippen LogP contribution in [0.5, 0.6) is 0 Å². The van der Waals surface area contributed by atoms with Crippen LogP contribution in [0.1, 0.15) is 49.1 Å². The van der Waals surface area contributed by atoms with Gasteiger partial charge < -0.3 is 10.6 Å². The molecule has 1 aromatic carbocycles. The Morgan fingerprint density at radius 1 is 1.16 bits per heavy atom. The topological polar surface area (TPSA) is 27.3 Å². The molecule has 1 aliphatic rings. The number of thiocarbonyl (C=S) groups is 1. The molecule has 2 aromatic rings. The maximum Gasteiger partial charge on any atom is 0.170 e. The Morgan fingerprint density at radius 2 is 1.88 bits per heavy atom. The minimum Gasteiger partial charge on any atom is -0.360 e. The molecule has 3 rings (SSSR count). The fourth-order valence-electron chi connectivity index (χ4n) is 3.26. The third kappa shape index (κ3) is 5.03. The molecule has 1 fully saturated rings. The van der Waals surface area contributed by atoms with Gasteiger partial charge in [-0.15, -0.1) is 11.3 Å². The number of likely N-dealkylation sites (tertiary alicyclic amines) is 1. The lowest BCUT2D eigenvalue weighted by molar-refractivity contribution is 0.249. The van der Waals surface area contributed by atoms with Gasteiger partial charge in [0.2, 0.25) is 0 Å². The number of nitrogens with one attached hydrogen (secondary N) is 2. The van der Waals surface area contributed by atoms with Gasteiger partial charge in [-0.05, 0) is 73.2 Å². The quantitative estimate of drug-likeness (QED) is 0.697. The highest BCUT2D eigenvalue weighted by Crippen LogP contribution is 2.27. The Kier molecular flexibility index (Phi) is 6.45. The highest BCUT2D eigenvalue weighted by atomic mass is 32.1. The first-order chi connectivity index (χ1) is 12.1. The van der Waals surface area contributed by atoms with E-state index < -0.39 is 0 Å². The fraction of sp³-hybridized carbons (Fsp3) is 0.450. The Balaban J connectivity index is 1.56. The number of benzene rings is 1. The van der Waals surface area contributed by atoms with Gasteiger partial charge in [-0.3, -0.25) is 4.90 Å². The number of thiophene rings is 1. The predicted molar refractivity (Wildman–Crippen MR) is 113 cm³/mol. The van der Waals surface area contributed by atoms with Crippen LogP contribution in [0.4, 0.5) is 5.69 Å². The van der Waals surface area contributed by atoms with Gasteiger partial charge in [-0.1, -0.05) is 32.0 Å². The smallest absolute Gasteiger partial charge is 0.170 e. The Morgan fingerprint density at radius 3 is 2.48 bits per heavy atom. The van der Waals surface area contributed by atoms with Crippen LogP contribution in [0, 0.1) is 0 Å². The minimum absolute atomic E-state index is 0.408. The molecule has 1 aromatic heterocycles. The number of hydrogen-bond acceptors (Lipinski definition) is 3. The molecule has 3 nitrogen and oxygen atoms in total. The van der Waals surface area contributed by atoms with E-state index in [0.717, 1.165) is 12.2 Å². The van der Waals surface area contributed by atoms with Gasteiger partial charge in [-0.2, -0.15) is 0 Å². The monoisotopic (exact) mass is 373 g/mol. The summed E-state index contributed by atoms with van der Waals surface area (Å²) in [6.45, 7) is 7.62. The zero-order valence-corrected chi connectivity index (χ0v) is 16.6. The lowest BCUT2D eigenvalue weighted by Crippen LogP contribution is -2.38. The van der Waals surface area contributed by atoms with E-state index in [4.69, 9.17) is 12.2 Å². The number of rotatable bonds is 6. The van der Waals surface area contributed by atoms with Crippen LogP contribution in [-0.4, -0.2) is 29.6 Å². The van der Waals surface area contributed by atoms with Gasteiger partial charge in [0, 0.05) is 17.1 Å². The average molecular weight is 374 g/mol. The van der Waals surface area contributed by atoms with Crippen molar-refractivity contribution in [2.24, 2.45) is 0 Å². The third-order valence-corrected chi connectivity index (χ3v) is 5.96. The second kappa shape index (κ2) is 8.79. The van der Waals surface area contributed by atoms with Crippen molar-refractivity contribution >= 4 is 34.4 Å². The van der Waals surface area contributed by atoms with Gasteiger partial charge in [0.1, 0.15) is 0 Å². The van der Waals surface area contributed by atoms with Crippen molar-refractivity contribution in [1.29, 1.82) is 0 Å². The Labute approximate surface area is 160 Å². The second-order valence-corrected chi connectivity index (χ2v) is 8.27. The van der Waals surface area contributed by atoms with Crippen LogP contribution in [0.3, 0.4) is 0 Å². The van der Waals surface area contributed by atoms with E-state index in [-0.39, 0.29) is 0 Å². The molecule has 0 unspecified atom stereocenters. The number of nitrogens with zero attached hydrogens (tertiary/aromatic N) is 1. The summed E-state index contributed by atoms with van der Waals surface area (Å²) in [5, 5.41) is 9.57. The molecule has 1 atom stereocenters. The van der Waals surface area contributed by atoms with Crippen LogP contribution in [-0.2, 0) is 0 Å². The molecular formula is C20H27N3S2. The maximum atomic E-state index is 5.51. The normalized spacial score (nSPS) is 16.1. The van der Waals surface area contributed by atoms with Crippen molar-refractivity contribution in [2.75, 3.05) is 25.0 Å². The van der Waals surface area contributed by atoms with E-state index in [1.807, 2.05) is 11.3 Å². The van der Waals surface area contributed by atoms with Crippen molar-refractivity contribution < 1.29 is 0 Å². The predicted octanol–water partition coefficient (Wildman–Crippen LogP) is 5.00. The first kappa shape index (κ1) is 18.4. The van der Waals surface area contributed by atoms with Crippen LogP contribution in [0.25, 0.3) is 0 Å². The molecule has 0 radical (unpaired) electrons. The second-order valence-electron chi connectivity index (χ2n) is 6.89. The standard InChI is InChI=1S/C20H27N3S2/c1-15(2)16-7-9-17(10-8-16)22-20(24)21-14-18(19-6-5-13-25-19)23-11-3-4-12-23/h5-10,13,15,18H,3-4,11-12,14H2,1-2H3,(H2,21,22,24)/t18-/m0/s1. The summed E-state index contributed by atoms with van der Waals surface area (Å²) in [5.74, 6) is 0.547. The van der Waals surface area contributed by atoms with Gasteiger partial charge in [0.05, 0.1) is 6.04 Å². The third-order valence-electron chi connectivity index (χ3n) is 4.74. The maximum absolute atomic E-state index is 5.51. The first-order valence-electron chi connectivity index (χ1n) is 9.06. The van der Waals surface area contributed by atoms with Crippen molar-refractivity contribution in [1.82, 2.24) is 10.2 Å². The molecule has 0 aliphatic carbocycles. The van der Waals surface area contributed by atoms with Crippen LogP contribution in [0.2, 0.25) is 0 Å². The van der Waals surface area contributed by atoms with E-state index in [2.05, 4.69) is 71.2 Å². The van der Waals surface area contributed by atoms with E-state index in [1.165, 1.54) is 36.4 Å². The van der Waals surface area contributed by atoms with Gasteiger partial charge in [0.15, 0.2) is 5.11 Å². The van der Waals surface area contributed by atoms with Crippen LogP contribution < -0.4 is 10.6 Å². The lowest BCUT2D eigenvalue weighted by atomic mass is 10.0. The highest BCUT2D eigenvalue weighted by molar-refractivity contribution is 7.80. The summed E-state index contributed by atoms with van der Waals surface area (Å²) in [4.78, 5) is 3.98. The zero-order valence-electron chi connectivity index (χ0n) is 15.0. The summed E-state index contributed by atoms with van der Waals surface area (Å²) in [5.41, 5.74) is 2.38. The van der Waals surface area contributed by atoms with Crippen molar-refractivity contribution in [3.8, 4) is 0 Å². The fourth-order valence-corrected chi connectivity index (χ4v) is 4.32. The summed E-state index contributed by atoms with van der Waals surface area (Å²) in [6.07, 6.45) is 2.60. The van der Waals surface area contributed by atoms with Crippen LogP contribution >= 0.6 is 23.6 Å². The van der Waals surface area contributed by atoms with Gasteiger partial charge in [0.25, 0.3) is 0 Å². The van der Waals surface area contributed by atoms with Crippen molar-refractivity contribution in [2.45, 2.75) is 38.6 Å². The van der Waals surface area contributed by atoms with Crippen LogP contribution in [0.15, 0.2) is 41.8 Å². The highest BCUT2D eigenvalue weighted by Gasteiger charge is 2.24. The summed E-state index contributed by atoms with van der Waals surface area (Å²) in [7, 11) is 0. The average Bonchev–Trinajstić information content (AvgIpc) is 3.29. The number of anilines is 1. The molecule has 0 saturated carbocycles. The molecule has 0 bridgehead atoms. The van der Waals surface area contributed by atoms with E-state index in [0.29, 0.717) is 17.1 Å². The molecule has 5 heteroatoms. The summed E-state index contributed by atoms with van der Waals surface area (Å²) < 4.78 is 0. The molecule has 1 aliphatic heterocycles. The van der Waals surface area contributed by atoms with Crippen molar-refractivity contribution in [3.63, 3.8) is 0 Å². The van der Waals surface area contributed by atoms with Crippen molar-refractivity contribution in [3.05, 3.63) is 52.2 Å². The molecular weight excluding hydrogens is 346 g/mol. The molecule has 0 amide bonds. The molecule has 134 valence electrons. The largest absolute Gasteiger partial charge is 0.360 e. The Hall–Kier alpha value is -1.43. The van der Waals surface area contributed by atoms with Gasteiger partial charge in [-0.25, -0.2) is 0 Å². The molecule has 0 spiro atoms. The molecule has 2 heterocycles. The van der Waals surface area contributed by atoms with E-state index in [1.54, 1.807) is 0 Å².